The maximum Gasteiger partial charge on any atom is 0.287 e. The van der Waals surface area contributed by atoms with Gasteiger partial charge in [-0.05, 0) is 18.6 Å². The Balaban J connectivity index is 1.95. The van der Waals surface area contributed by atoms with E-state index < -0.39 is 6.10 Å². The second-order valence-electron chi connectivity index (χ2n) is 4.46. The van der Waals surface area contributed by atoms with Gasteiger partial charge in [-0.1, -0.05) is 30.3 Å². The predicted octanol–water partition coefficient (Wildman–Crippen LogP) is 2.79. The van der Waals surface area contributed by atoms with Crippen molar-refractivity contribution >= 4 is 17.5 Å². The number of amides is 1. The molecule has 0 bridgehead atoms. The summed E-state index contributed by atoms with van der Waals surface area (Å²) in [4.78, 5) is 11.9. The van der Waals surface area contributed by atoms with Crippen LogP contribution in [0.15, 0.2) is 40.8 Å². The van der Waals surface area contributed by atoms with Crippen molar-refractivity contribution in [2.45, 2.75) is 18.9 Å². The first-order chi connectivity index (χ1) is 9.61. The Kier molecular flexibility index (Phi) is 4.82. The minimum absolute atomic E-state index is 0.124. The molecular formula is C15H16ClNO3. The summed E-state index contributed by atoms with van der Waals surface area (Å²) in [5, 5.41) is 12.6. The molecule has 4 nitrogen and oxygen atoms in total. The molecule has 0 saturated heterocycles. The van der Waals surface area contributed by atoms with Gasteiger partial charge in [0.2, 0.25) is 0 Å². The first-order valence-electron chi connectivity index (χ1n) is 6.28. The Morgan fingerprint density at radius 1 is 1.40 bits per heavy atom. The molecule has 5 heteroatoms. The maximum absolute atomic E-state index is 11.9. The van der Waals surface area contributed by atoms with Crippen LogP contribution in [0.4, 0.5) is 0 Å². The zero-order chi connectivity index (χ0) is 14.5. The molecule has 1 amide bonds. The fourth-order valence-corrected chi connectivity index (χ4v) is 2.10. The van der Waals surface area contributed by atoms with Crippen molar-refractivity contribution in [2.75, 3.05) is 6.54 Å². The van der Waals surface area contributed by atoms with E-state index in [1.165, 1.54) is 0 Å². The normalized spacial score (nSPS) is 12.2. The molecule has 0 aliphatic heterocycles. The topological polar surface area (TPSA) is 62.5 Å². The van der Waals surface area contributed by atoms with E-state index in [-0.39, 0.29) is 18.2 Å². The fraction of sp³-hybridized carbons (Fsp3) is 0.267. The van der Waals surface area contributed by atoms with Gasteiger partial charge in [0.1, 0.15) is 5.76 Å². The number of aliphatic hydroxyl groups is 1. The van der Waals surface area contributed by atoms with Gasteiger partial charge in [0.15, 0.2) is 5.76 Å². The second-order valence-corrected chi connectivity index (χ2v) is 4.73. The molecule has 20 heavy (non-hydrogen) atoms. The number of nitrogens with one attached hydrogen (secondary N) is 1. The summed E-state index contributed by atoms with van der Waals surface area (Å²) in [5.41, 5.74) is 1.55. The molecule has 0 fully saturated rings. The third-order valence-corrected chi connectivity index (χ3v) is 3.32. The van der Waals surface area contributed by atoms with E-state index in [4.69, 9.17) is 16.0 Å². The van der Waals surface area contributed by atoms with E-state index in [0.717, 1.165) is 11.1 Å². The molecule has 2 rings (SSSR count). The van der Waals surface area contributed by atoms with Crippen molar-refractivity contribution in [1.82, 2.24) is 5.32 Å². The van der Waals surface area contributed by atoms with E-state index in [1.807, 2.05) is 18.2 Å². The van der Waals surface area contributed by atoms with Gasteiger partial charge in [0.25, 0.3) is 5.91 Å². The second kappa shape index (κ2) is 6.59. The van der Waals surface area contributed by atoms with Crippen molar-refractivity contribution in [2.24, 2.45) is 0 Å². The van der Waals surface area contributed by atoms with Gasteiger partial charge in [-0.3, -0.25) is 4.79 Å². The number of hydrogen-bond donors (Lipinski definition) is 2. The molecule has 1 atom stereocenters. The van der Waals surface area contributed by atoms with Gasteiger partial charge in [0.05, 0.1) is 12.0 Å². The van der Waals surface area contributed by atoms with E-state index in [1.54, 1.807) is 25.1 Å². The quantitative estimate of drug-likeness (QED) is 0.833. The van der Waals surface area contributed by atoms with Crippen LogP contribution in [0.25, 0.3) is 0 Å². The molecule has 1 unspecified atom stereocenters. The number of carbonyl (C=O) groups excluding carboxylic acids is 1. The zero-order valence-electron chi connectivity index (χ0n) is 11.1. The molecule has 1 aromatic heterocycles. The van der Waals surface area contributed by atoms with Crippen LogP contribution in [-0.2, 0) is 5.88 Å². The summed E-state index contributed by atoms with van der Waals surface area (Å²) in [6.45, 7) is 1.88. The molecule has 0 aliphatic carbocycles. The van der Waals surface area contributed by atoms with Gasteiger partial charge in [-0.2, -0.15) is 0 Å². The standard InChI is InChI=1S/C15H16ClNO3/c1-10-12(8-16)7-14(20-10)15(19)17-9-13(18)11-5-3-2-4-6-11/h2-7,13,18H,8-9H2,1H3,(H,17,19). The summed E-state index contributed by atoms with van der Waals surface area (Å²) in [6, 6.07) is 10.8. The number of aliphatic hydroxyl groups excluding tert-OH is 1. The lowest BCUT2D eigenvalue weighted by atomic mass is 10.1. The molecule has 1 aromatic carbocycles. The third-order valence-electron chi connectivity index (χ3n) is 3.03. The lowest BCUT2D eigenvalue weighted by Gasteiger charge is -2.11. The number of halogens is 1. The van der Waals surface area contributed by atoms with E-state index >= 15 is 0 Å². The third kappa shape index (κ3) is 3.40. The molecular weight excluding hydrogens is 278 g/mol. The molecule has 1 heterocycles. The van der Waals surface area contributed by atoms with Crippen LogP contribution in [0.2, 0.25) is 0 Å². The molecule has 0 saturated carbocycles. The summed E-state index contributed by atoms with van der Waals surface area (Å²) < 4.78 is 5.33. The van der Waals surface area contributed by atoms with Gasteiger partial charge >= 0.3 is 0 Å². The highest BCUT2D eigenvalue weighted by Crippen LogP contribution is 2.17. The van der Waals surface area contributed by atoms with Crippen molar-refractivity contribution < 1.29 is 14.3 Å². The van der Waals surface area contributed by atoms with Gasteiger partial charge in [0, 0.05) is 12.1 Å². The zero-order valence-corrected chi connectivity index (χ0v) is 11.9. The van der Waals surface area contributed by atoms with E-state index in [2.05, 4.69) is 5.32 Å². The monoisotopic (exact) mass is 293 g/mol. The van der Waals surface area contributed by atoms with Crippen molar-refractivity contribution in [3.05, 3.63) is 59.0 Å². The summed E-state index contributed by atoms with van der Waals surface area (Å²) in [6.07, 6.45) is -0.747. The van der Waals surface area contributed by atoms with Gasteiger partial charge < -0.3 is 14.8 Å². The number of aryl methyl sites for hydroxylation is 1. The van der Waals surface area contributed by atoms with Crippen LogP contribution in [-0.4, -0.2) is 17.6 Å². The smallest absolute Gasteiger partial charge is 0.287 e. The average molecular weight is 294 g/mol. The van der Waals surface area contributed by atoms with Crippen LogP contribution >= 0.6 is 11.6 Å². The minimum Gasteiger partial charge on any atom is -0.456 e. The summed E-state index contributed by atoms with van der Waals surface area (Å²) in [5.74, 6) is 0.779. The molecule has 2 aromatic rings. The number of hydrogen-bond acceptors (Lipinski definition) is 3. The van der Waals surface area contributed by atoms with Gasteiger partial charge in [-0.25, -0.2) is 0 Å². The first-order valence-corrected chi connectivity index (χ1v) is 6.81. The highest BCUT2D eigenvalue weighted by atomic mass is 35.5. The Morgan fingerprint density at radius 2 is 2.10 bits per heavy atom. The van der Waals surface area contributed by atoms with E-state index in [9.17, 15) is 9.90 Å². The number of furan rings is 1. The van der Waals surface area contributed by atoms with Crippen LogP contribution in [0, 0.1) is 6.92 Å². The summed E-state index contributed by atoms with van der Waals surface area (Å²) >= 11 is 5.73. The van der Waals surface area contributed by atoms with Gasteiger partial charge in [-0.15, -0.1) is 11.6 Å². The minimum atomic E-state index is -0.747. The first kappa shape index (κ1) is 14.6. The molecule has 106 valence electrons. The Bertz CT molecular complexity index is 580. The van der Waals surface area contributed by atoms with Crippen molar-refractivity contribution in [3.63, 3.8) is 0 Å². The highest BCUT2D eigenvalue weighted by Gasteiger charge is 2.15. The van der Waals surface area contributed by atoms with Crippen LogP contribution in [0.3, 0.4) is 0 Å². The average Bonchev–Trinajstić information content (AvgIpc) is 2.86. The largest absolute Gasteiger partial charge is 0.456 e. The lowest BCUT2D eigenvalue weighted by molar-refractivity contribution is 0.0888. The molecule has 2 N–H and O–H groups in total. The highest BCUT2D eigenvalue weighted by molar-refractivity contribution is 6.17. The lowest BCUT2D eigenvalue weighted by Crippen LogP contribution is -2.28. The maximum atomic E-state index is 11.9. The number of rotatable bonds is 5. The Morgan fingerprint density at radius 3 is 2.70 bits per heavy atom. The fourth-order valence-electron chi connectivity index (χ4n) is 1.83. The van der Waals surface area contributed by atoms with Crippen molar-refractivity contribution in [1.29, 1.82) is 0 Å². The Labute approximate surface area is 122 Å². The molecule has 0 radical (unpaired) electrons. The van der Waals surface area contributed by atoms with Crippen molar-refractivity contribution in [3.8, 4) is 0 Å². The van der Waals surface area contributed by atoms with Crippen LogP contribution in [0.5, 0.6) is 0 Å². The number of benzene rings is 1. The number of carbonyl (C=O) groups is 1. The molecule has 0 spiro atoms. The summed E-state index contributed by atoms with van der Waals surface area (Å²) in [7, 11) is 0. The number of alkyl halides is 1. The Hall–Kier alpha value is -1.78. The van der Waals surface area contributed by atoms with Crippen LogP contribution in [0.1, 0.15) is 33.5 Å². The van der Waals surface area contributed by atoms with E-state index in [0.29, 0.717) is 11.6 Å². The predicted molar refractivity (Wildman–Crippen MR) is 76.7 cm³/mol. The van der Waals surface area contributed by atoms with Crippen LogP contribution < -0.4 is 5.32 Å². The SMILES string of the molecule is Cc1oc(C(=O)NCC(O)c2ccccc2)cc1CCl. The molecule has 0 aliphatic rings.